The Morgan fingerprint density at radius 2 is 2.16 bits per heavy atom. The van der Waals surface area contributed by atoms with Crippen LogP contribution < -0.4 is 10.2 Å². The highest BCUT2D eigenvalue weighted by Gasteiger charge is 2.34. The Morgan fingerprint density at radius 3 is 2.84 bits per heavy atom. The van der Waals surface area contributed by atoms with Crippen LogP contribution in [0.25, 0.3) is 0 Å². The Bertz CT molecular complexity index is 738. The first-order valence-electron chi connectivity index (χ1n) is 8.11. The summed E-state index contributed by atoms with van der Waals surface area (Å²) in [6.07, 6.45) is 5.39. The van der Waals surface area contributed by atoms with Crippen LogP contribution in [0.15, 0.2) is 30.7 Å². The van der Waals surface area contributed by atoms with Crippen LogP contribution >= 0.6 is 0 Å². The number of nitrogens with zero attached hydrogens (tertiary/aromatic N) is 4. The van der Waals surface area contributed by atoms with Crippen molar-refractivity contribution in [1.29, 1.82) is 0 Å². The van der Waals surface area contributed by atoms with Gasteiger partial charge in [0.15, 0.2) is 0 Å². The molecule has 7 nitrogen and oxygen atoms in total. The molecule has 0 bridgehead atoms. The fraction of sp³-hybridized carbons (Fsp3) is 0.412. The highest BCUT2D eigenvalue weighted by atomic mass is 19.1. The molecule has 0 radical (unpaired) electrons. The van der Waals surface area contributed by atoms with E-state index in [4.69, 9.17) is 0 Å². The minimum Gasteiger partial charge on any atom is -0.386 e. The van der Waals surface area contributed by atoms with E-state index >= 15 is 0 Å². The van der Waals surface area contributed by atoms with Crippen LogP contribution in [0, 0.1) is 12.7 Å². The summed E-state index contributed by atoms with van der Waals surface area (Å²) >= 11 is 0. The molecule has 2 N–H and O–H groups in total. The van der Waals surface area contributed by atoms with Crippen molar-refractivity contribution < 1.29 is 14.3 Å². The number of β-amino-alcohol motifs (C(OH)–C–C–N with tert-alkyl or cyclic N) is 1. The van der Waals surface area contributed by atoms with Gasteiger partial charge in [0.1, 0.15) is 17.3 Å². The lowest BCUT2D eigenvalue weighted by Crippen LogP contribution is -2.54. The second kappa shape index (κ2) is 7.10. The number of nitrogens with one attached hydrogen (secondary N) is 1. The number of hydrogen-bond donors (Lipinski definition) is 2. The van der Waals surface area contributed by atoms with Gasteiger partial charge in [-0.3, -0.25) is 9.78 Å². The molecule has 1 amide bonds. The van der Waals surface area contributed by atoms with E-state index in [1.165, 1.54) is 18.5 Å². The SMILES string of the molecule is Cc1cnc(C(=O)NC[C@@]2(O)CCCN(c3ccc(F)cn3)C2)cn1. The van der Waals surface area contributed by atoms with Gasteiger partial charge in [-0.1, -0.05) is 0 Å². The van der Waals surface area contributed by atoms with Crippen LogP contribution in [0.4, 0.5) is 10.2 Å². The number of pyridine rings is 1. The molecular weight excluding hydrogens is 325 g/mol. The van der Waals surface area contributed by atoms with Crippen molar-refractivity contribution in [1.82, 2.24) is 20.3 Å². The number of amides is 1. The first-order chi connectivity index (χ1) is 12.0. The number of aliphatic hydroxyl groups is 1. The molecule has 1 aliphatic rings. The average Bonchev–Trinajstić information content (AvgIpc) is 2.61. The topological polar surface area (TPSA) is 91.2 Å². The van der Waals surface area contributed by atoms with E-state index in [-0.39, 0.29) is 18.1 Å². The molecular formula is C17H20FN5O2. The van der Waals surface area contributed by atoms with Crippen molar-refractivity contribution in [3.8, 4) is 0 Å². The minimum atomic E-state index is -1.08. The number of anilines is 1. The lowest BCUT2D eigenvalue weighted by molar-refractivity contribution is 0.0253. The first kappa shape index (κ1) is 17.2. The van der Waals surface area contributed by atoms with E-state index in [9.17, 15) is 14.3 Å². The summed E-state index contributed by atoms with van der Waals surface area (Å²) in [4.78, 5) is 26.1. The number of rotatable bonds is 4. The Balaban J connectivity index is 1.61. The number of carbonyl (C=O) groups excluding carboxylic acids is 1. The van der Waals surface area contributed by atoms with E-state index in [2.05, 4.69) is 20.3 Å². The molecule has 2 aromatic heterocycles. The monoisotopic (exact) mass is 345 g/mol. The van der Waals surface area contributed by atoms with E-state index in [0.717, 1.165) is 24.9 Å². The summed E-state index contributed by atoms with van der Waals surface area (Å²) in [5, 5.41) is 13.5. The quantitative estimate of drug-likeness (QED) is 0.862. The standard InChI is InChI=1S/C17H20FN5O2/c1-12-7-20-14(9-19-12)16(24)22-10-17(25)5-2-6-23(11-17)15-4-3-13(18)8-21-15/h3-4,7-9,25H,2,5-6,10-11H2,1H3,(H,22,24)/t17-/m0/s1. The van der Waals surface area contributed by atoms with Crippen LogP contribution in [-0.2, 0) is 0 Å². The van der Waals surface area contributed by atoms with Crippen LogP contribution in [0.3, 0.4) is 0 Å². The summed E-state index contributed by atoms with van der Waals surface area (Å²) in [6, 6.07) is 2.93. The predicted molar refractivity (Wildman–Crippen MR) is 89.7 cm³/mol. The zero-order valence-electron chi connectivity index (χ0n) is 13.9. The van der Waals surface area contributed by atoms with Gasteiger partial charge < -0.3 is 15.3 Å². The van der Waals surface area contributed by atoms with E-state index in [1.54, 1.807) is 13.0 Å². The molecule has 3 rings (SSSR count). The number of halogens is 1. The lowest BCUT2D eigenvalue weighted by atomic mass is 9.92. The number of aromatic nitrogens is 3. The predicted octanol–water partition coefficient (Wildman–Crippen LogP) is 1.08. The molecule has 0 saturated carbocycles. The molecule has 3 heterocycles. The third kappa shape index (κ3) is 4.27. The molecule has 132 valence electrons. The largest absolute Gasteiger partial charge is 0.386 e. The maximum atomic E-state index is 13.0. The molecule has 0 aromatic carbocycles. The van der Waals surface area contributed by atoms with Gasteiger partial charge in [0.25, 0.3) is 5.91 Å². The van der Waals surface area contributed by atoms with Crippen molar-refractivity contribution in [2.45, 2.75) is 25.4 Å². The van der Waals surface area contributed by atoms with Crippen molar-refractivity contribution in [2.75, 3.05) is 24.5 Å². The minimum absolute atomic E-state index is 0.0963. The molecule has 0 aliphatic carbocycles. The number of aryl methyl sites for hydroxylation is 1. The third-order valence-corrected chi connectivity index (χ3v) is 4.18. The van der Waals surface area contributed by atoms with E-state index in [0.29, 0.717) is 18.8 Å². The normalized spacial score (nSPS) is 20.4. The van der Waals surface area contributed by atoms with Crippen LogP contribution in [0.1, 0.15) is 29.0 Å². The van der Waals surface area contributed by atoms with Crippen molar-refractivity contribution in [3.63, 3.8) is 0 Å². The fourth-order valence-electron chi connectivity index (χ4n) is 2.85. The molecule has 1 saturated heterocycles. The van der Waals surface area contributed by atoms with Crippen LogP contribution in [0.2, 0.25) is 0 Å². The molecule has 0 spiro atoms. The summed E-state index contributed by atoms with van der Waals surface area (Å²) in [5.41, 5.74) is -0.144. The number of carbonyl (C=O) groups is 1. The Labute approximate surface area is 144 Å². The molecule has 25 heavy (non-hydrogen) atoms. The maximum Gasteiger partial charge on any atom is 0.271 e. The smallest absolute Gasteiger partial charge is 0.271 e. The third-order valence-electron chi connectivity index (χ3n) is 4.18. The highest BCUT2D eigenvalue weighted by Crippen LogP contribution is 2.24. The summed E-state index contributed by atoms with van der Waals surface area (Å²) in [5.74, 6) is -0.171. The number of hydrogen-bond acceptors (Lipinski definition) is 6. The molecule has 1 atom stereocenters. The molecule has 2 aromatic rings. The van der Waals surface area contributed by atoms with Gasteiger partial charge >= 0.3 is 0 Å². The Morgan fingerprint density at radius 1 is 1.32 bits per heavy atom. The molecule has 1 aliphatic heterocycles. The highest BCUT2D eigenvalue weighted by molar-refractivity contribution is 5.91. The van der Waals surface area contributed by atoms with Crippen molar-refractivity contribution in [3.05, 3.63) is 47.9 Å². The number of piperidine rings is 1. The summed E-state index contributed by atoms with van der Waals surface area (Å²) < 4.78 is 13.0. The van der Waals surface area contributed by atoms with Gasteiger partial charge in [0.05, 0.1) is 23.7 Å². The van der Waals surface area contributed by atoms with Crippen LogP contribution in [-0.4, -0.2) is 51.2 Å². The summed E-state index contributed by atoms with van der Waals surface area (Å²) in [6.45, 7) is 2.92. The van der Waals surface area contributed by atoms with Gasteiger partial charge in [0.2, 0.25) is 0 Å². The maximum absolute atomic E-state index is 13.0. The molecule has 1 fully saturated rings. The Kier molecular flexibility index (Phi) is 4.89. The molecule has 0 unspecified atom stereocenters. The van der Waals surface area contributed by atoms with Gasteiger partial charge in [-0.2, -0.15) is 0 Å². The molecule has 8 heteroatoms. The van der Waals surface area contributed by atoms with Gasteiger partial charge in [-0.15, -0.1) is 0 Å². The second-order valence-electron chi connectivity index (χ2n) is 6.31. The fourth-order valence-corrected chi connectivity index (χ4v) is 2.85. The van der Waals surface area contributed by atoms with E-state index in [1.807, 2.05) is 4.90 Å². The first-order valence-corrected chi connectivity index (χ1v) is 8.11. The second-order valence-corrected chi connectivity index (χ2v) is 6.31. The summed E-state index contributed by atoms with van der Waals surface area (Å²) in [7, 11) is 0. The van der Waals surface area contributed by atoms with Gasteiger partial charge in [-0.25, -0.2) is 14.4 Å². The Hall–Kier alpha value is -2.61. The lowest BCUT2D eigenvalue weighted by Gasteiger charge is -2.39. The van der Waals surface area contributed by atoms with Crippen molar-refractivity contribution in [2.24, 2.45) is 0 Å². The van der Waals surface area contributed by atoms with Crippen LogP contribution in [0.5, 0.6) is 0 Å². The van der Waals surface area contributed by atoms with E-state index < -0.39 is 11.4 Å². The zero-order valence-corrected chi connectivity index (χ0v) is 13.9. The van der Waals surface area contributed by atoms with Gasteiger partial charge in [-0.05, 0) is 31.9 Å². The van der Waals surface area contributed by atoms with Crippen molar-refractivity contribution >= 4 is 11.7 Å². The zero-order chi connectivity index (χ0) is 17.9. The van der Waals surface area contributed by atoms with Gasteiger partial charge in [0, 0.05) is 25.8 Å². The average molecular weight is 345 g/mol.